The number of unbranched alkanes of at least 4 members (excludes halogenated alkanes) is 2. The zero-order valence-corrected chi connectivity index (χ0v) is 16.8. The standard InChI is InChI=1S/C24H29FN2O/c1-3-5-12-21-23(22(28)13-6-4-2)24(18-14-16-19(25)17-15-18)26-27(21)20-10-8-7-9-11-20/h7-11,14-17,21,23H,3-6,12-13H2,1-2H3. The molecule has 0 N–H and O–H groups in total. The van der Waals surface area contributed by atoms with Crippen LogP contribution in [0.5, 0.6) is 0 Å². The fraction of sp³-hybridized carbons (Fsp3) is 0.417. The normalized spacial score (nSPS) is 19.0. The molecule has 148 valence electrons. The van der Waals surface area contributed by atoms with Crippen LogP contribution in [0.2, 0.25) is 0 Å². The topological polar surface area (TPSA) is 32.7 Å². The van der Waals surface area contributed by atoms with Gasteiger partial charge in [0, 0.05) is 6.42 Å². The van der Waals surface area contributed by atoms with Crippen molar-refractivity contribution >= 4 is 17.2 Å². The first-order valence-electron chi connectivity index (χ1n) is 10.4. The van der Waals surface area contributed by atoms with E-state index in [1.165, 1.54) is 12.1 Å². The lowest BCUT2D eigenvalue weighted by molar-refractivity contribution is -0.121. The van der Waals surface area contributed by atoms with Crippen molar-refractivity contribution in [3.63, 3.8) is 0 Å². The van der Waals surface area contributed by atoms with Crippen molar-refractivity contribution in [3.8, 4) is 0 Å². The van der Waals surface area contributed by atoms with Gasteiger partial charge in [0.15, 0.2) is 0 Å². The first kappa shape index (κ1) is 20.2. The number of carbonyl (C=O) groups is 1. The highest BCUT2D eigenvalue weighted by Gasteiger charge is 2.42. The molecule has 0 spiro atoms. The molecule has 0 aliphatic carbocycles. The molecular weight excluding hydrogens is 351 g/mol. The Kier molecular flexibility index (Phi) is 6.96. The highest BCUT2D eigenvalue weighted by Crippen LogP contribution is 2.35. The Labute approximate surface area is 167 Å². The van der Waals surface area contributed by atoms with Crippen molar-refractivity contribution in [2.24, 2.45) is 11.0 Å². The largest absolute Gasteiger partial charge is 0.299 e. The van der Waals surface area contributed by atoms with Gasteiger partial charge < -0.3 is 0 Å². The summed E-state index contributed by atoms with van der Waals surface area (Å²) in [5.41, 5.74) is 2.59. The lowest BCUT2D eigenvalue weighted by Gasteiger charge is -2.27. The summed E-state index contributed by atoms with van der Waals surface area (Å²) < 4.78 is 13.5. The van der Waals surface area contributed by atoms with E-state index in [2.05, 4.69) is 13.8 Å². The van der Waals surface area contributed by atoms with Gasteiger partial charge in [-0.15, -0.1) is 0 Å². The molecule has 0 saturated heterocycles. The van der Waals surface area contributed by atoms with E-state index in [9.17, 15) is 9.18 Å². The molecule has 0 bridgehead atoms. The summed E-state index contributed by atoms with van der Waals surface area (Å²) >= 11 is 0. The molecule has 1 heterocycles. The smallest absolute Gasteiger partial charge is 0.144 e. The molecule has 1 aliphatic heterocycles. The number of hydrogen-bond donors (Lipinski definition) is 0. The van der Waals surface area contributed by atoms with E-state index in [4.69, 9.17) is 5.10 Å². The maximum absolute atomic E-state index is 13.5. The minimum absolute atomic E-state index is 0.00626. The average molecular weight is 381 g/mol. The summed E-state index contributed by atoms with van der Waals surface area (Å²) in [7, 11) is 0. The first-order chi connectivity index (χ1) is 13.7. The Morgan fingerprint density at radius 2 is 1.68 bits per heavy atom. The van der Waals surface area contributed by atoms with E-state index < -0.39 is 0 Å². The van der Waals surface area contributed by atoms with Gasteiger partial charge in [-0.3, -0.25) is 9.80 Å². The minimum atomic E-state index is -0.279. The highest BCUT2D eigenvalue weighted by atomic mass is 19.1. The third-order valence-corrected chi connectivity index (χ3v) is 5.35. The number of benzene rings is 2. The second-order valence-electron chi connectivity index (χ2n) is 7.43. The van der Waals surface area contributed by atoms with Crippen LogP contribution in [-0.2, 0) is 4.79 Å². The average Bonchev–Trinajstić information content (AvgIpc) is 3.11. The van der Waals surface area contributed by atoms with Gasteiger partial charge >= 0.3 is 0 Å². The monoisotopic (exact) mass is 380 g/mol. The minimum Gasteiger partial charge on any atom is -0.299 e. The third kappa shape index (κ3) is 4.49. The van der Waals surface area contributed by atoms with Crippen molar-refractivity contribution in [1.29, 1.82) is 0 Å². The van der Waals surface area contributed by atoms with Crippen molar-refractivity contribution < 1.29 is 9.18 Å². The Morgan fingerprint density at radius 1 is 1.00 bits per heavy atom. The maximum Gasteiger partial charge on any atom is 0.144 e. The lowest BCUT2D eigenvalue weighted by Crippen LogP contribution is -2.38. The van der Waals surface area contributed by atoms with Crippen LogP contribution >= 0.6 is 0 Å². The van der Waals surface area contributed by atoms with Gasteiger partial charge in [-0.2, -0.15) is 5.10 Å². The van der Waals surface area contributed by atoms with Crippen molar-refractivity contribution in [1.82, 2.24) is 0 Å². The molecule has 2 aromatic rings. The number of hydrogen-bond acceptors (Lipinski definition) is 3. The number of carbonyl (C=O) groups excluding carboxylic acids is 1. The van der Waals surface area contributed by atoms with Gasteiger partial charge in [0.25, 0.3) is 0 Å². The first-order valence-corrected chi connectivity index (χ1v) is 10.4. The number of hydrazone groups is 1. The summed E-state index contributed by atoms with van der Waals surface area (Å²) in [6.45, 7) is 4.26. The second-order valence-corrected chi connectivity index (χ2v) is 7.43. The summed E-state index contributed by atoms with van der Waals surface area (Å²) in [6.07, 6.45) is 5.45. The highest BCUT2D eigenvalue weighted by molar-refractivity contribution is 6.16. The lowest BCUT2D eigenvalue weighted by atomic mass is 9.83. The fourth-order valence-electron chi connectivity index (χ4n) is 3.84. The van der Waals surface area contributed by atoms with Crippen LogP contribution in [0.25, 0.3) is 0 Å². The zero-order chi connectivity index (χ0) is 19.9. The van der Waals surface area contributed by atoms with E-state index in [0.717, 1.165) is 49.1 Å². The summed E-state index contributed by atoms with van der Waals surface area (Å²) in [6, 6.07) is 16.4. The predicted molar refractivity (Wildman–Crippen MR) is 113 cm³/mol. The molecular formula is C24H29FN2O. The summed E-state index contributed by atoms with van der Waals surface area (Å²) in [5.74, 6) is -0.313. The van der Waals surface area contributed by atoms with Crippen LogP contribution in [0, 0.1) is 11.7 Å². The van der Waals surface area contributed by atoms with E-state index >= 15 is 0 Å². The Bertz CT molecular complexity index is 801. The zero-order valence-electron chi connectivity index (χ0n) is 16.8. The molecule has 3 rings (SSSR count). The van der Waals surface area contributed by atoms with Crippen LogP contribution in [-0.4, -0.2) is 17.5 Å². The molecule has 4 heteroatoms. The van der Waals surface area contributed by atoms with Crippen LogP contribution in [0.1, 0.15) is 57.9 Å². The number of nitrogens with zero attached hydrogens (tertiary/aromatic N) is 2. The molecule has 0 saturated carbocycles. The van der Waals surface area contributed by atoms with E-state index in [0.29, 0.717) is 6.42 Å². The summed E-state index contributed by atoms with van der Waals surface area (Å²) in [4.78, 5) is 13.2. The molecule has 2 aromatic carbocycles. The Hall–Kier alpha value is -2.49. The van der Waals surface area contributed by atoms with Gasteiger partial charge in [-0.25, -0.2) is 4.39 Å². The maximum atomic E-state index is 13.5. The van der Waals surface area contributed by atoms with Crippen molar-refractivity contribution in [3.05, 3.63) is 66.0 Å². The molecule has 2 atom stereocenters. The number of ketones is 1. The van der Waals surface area contributed by atoms with Gasteiger partial charge in [0.2, 0.25) is 0 Å². The van der Waals surface area contributed by atoms with Crippen LogP contribution in [0.3, 0.4) is 0 Å². The van der Waals surface area contributed by atoms with Crippen LogP contribution < -0.4 is 5.01 Å². The molecule has 28 heavy (non-hydrogen) atoms. The van der Waals surface area contributed by atoms with E-state index in [1.807, 2.05) is 35.3 Å². The number of anilines is 1. The molecule has 1 aliphatic rings. The van der Waals surface area contributed by atoms with E-state index in [1.54, 1.807) is 12.1 Å². The SMILES string of the molecule is CCCCC(=O)C1C(c2ccc(F)cc2)=NN(c2ccccc2)C1CCCC. The Balaban J connectivity index is 2.03. The fourth-order valence-corrected chi connectivity index (χ4v) is 3.84. The van der Waals surface area contributed by atoms with Gasteiger partial charge in [-0.1, -0.05) is 63.4 Å². The predicted octanol–water partition coefficient (Wildman–Crippen LogP) is 5.98. The van der Waals surface area contributed by atoms with Crippen LogP contribution in [0.4, 0.5) is 10.1 Å². The third-order valence-electron chi connectivity index (χ3n) is 5.35. The van der Waals surface area contributed by atoms with Crippen LogP contribution in [0.15, 0.2) is 59.7 Å². The van der Waals surface area contributed by atoms with Gasteiger partial charge in [0.1, 0.15) is 11.6 Å². The number of rotatable bonds is 9. The number of Topliss-reactive ketones (excluding diaryl/α,β-unsaturated/α-hetero) is 1. The Morgan fingerprint density at radius 3 is 2.32 bits per heavy atom. The van der Waals surface area contributed by atoms with Crippen molar-refractivity contribution in [2.75, 3.05) is 5.01 Å². The molecule has 3 nitrogen and oxygen atoms in total. The molecule has 0 radical (unpaired) electrons. The molecule has 0 aromatic heterocycles. The molecule has 0 fully saturated rings. The second kappa shape index (κ2) is 9.63. The van der Waals surface area contributed by atoms with Gasteiger partial charge in [0.05, 0.1) is 23.4 Å². The number of para-hydroxylation sites is 1. The molecule has 2 unspecified atom stereocenters. The molecule has 0 amide bonds. The summed E-state index contributed by atoms with van der Waals surface area (Å²) in [5, 5.41) is 6.93. The number of halogens is 1. The van der Waals surface area contributed by atoms with Gasteiger partial charge in [-0.05, 0) is 42.7 Å². The quantitative estimate of drug-likeness (QED) is 0.536. The van der Waals surface area contributed by atoms with E-state index in [-0.39, 0.29) is 23.6 Å². The van der Waals surface area contributed by atoms with Crippen molar-refractivity contribution in [2.45, 2.75) is 58.4 Å².